The molecule has 1 saturated heterocycles. The maximum Gasteiger partial charge on any atom is 0.338 e. The van der Waals surface area contributed by atoms with E-state index in [2.05, 4.69) is 0 Å². The number of esters is 4. The normalized spacial score (nSPS) is 20.0. The molecule has 0 amide bonds. The van der Waals surface area contributed by atoms with Crippen molar-refractivity contribution in [2.24, 2.45) is 0 Å². The van der Waals surface area contributed by atoms with Gasteiger partial charge in [-0.05, 0) is 50.2 Å². The van der Waals surface area contributed by atoms with Crippen LogP contribution >= 0.6 is 0 Å². The Morgan fingerprint density at radius 1 is 0.674 bits per heavy atom. The minimum atomic E-state index is -1.27. The Kier molecular flexibility index (Phi) is 10.8. The van der Waals surface area contributed by atoms with Crippen molar-refractivity contribution in [3.05, 3.63) is 108 Å². The molecule has 0 saturated carbocycles. The molecule has 3 aromatic carbocycles. The van der Waals surface area contributed by atoms with Gasteiger partial charge in [0.25, 0.3) is 0 Å². The smallest absolute Gasteiger partial charge is 0.338 e. The Balaban J connectivity index is 1.61. The molecule has 0 N–H and O–H groups in total. The third kappa shape index (κ3) is 8.59. The van der Waals surface area contributed by atoms with Gasteiger partial charge in [-0.25, -0.2) is 14.4 Å². The zero-order valence-electron chi connectivity index (χ0n) is 23.8. The van der Waals surface area contributed by atoms with E-state index in [4.69, 9.17) is 23.7 Å². The number of ether oxygens (including phenoxy) is 5. The molecule has 10 heteroatoms. The third-order valence-corrected chi connectivity index (χ3v) is 6.71. The number of hydrogen-bond acceptors (Lipinski definition) is 10. The van der Waals surface area contributed by atoms with Gasteiger partial charge < -0.3 is 28.5 Å². The fraction of sp³-hybridized carbons (Fsp3) is 0.303. The number of rotatable bonds is 12. The molecule has 4 rings (SSSR count). The molecule has 1 aliphatic rings. The standard InChI is InChI=1S/C33H32O10/c1-21(34)18-19-27(35)42-30-28(43-33(38)25-16-10-5-11-17-25)22(2)40-29(30)26(41-32(37)24-14-8-4-9-15-24)20-39-31(36)23-12-6-3-7-13-23/h3-17,22,26,28-30H,18-20H2,1-2H3/t22?,26-,28?,29?,30?/m1/s1. The first-order valence-electron chi connectivity index (χ1n) is 13.8. The van der Waals surface area contributed by atoms with Crippen LogP contribution in [0.25, 0.3) is 0 Å². The molecule has 5 atom stereocenters. The fourth-order valence-electron chi connectivity index (χ4n) is 4.50. The highest BCUT2D eigenvalue weighted by Gasteiger charge is 2.52. The van der Waals surface area contributed by atoms with Gasteiger partial charge >= 0.3 is 23.9 Å². The molecular weight excluding hydrogens is 556 g/mol. The summed E-state index contributed by atoms with van der Waals surface area (Å²) >= 11 is 0. The van der Waals surface area contributed by atoms with Crippen molar-refractivity contribution in [3.63, 3.8) is 0 Å². The van der Waals surface area contributed by atoms with Crippen LogP contribution in [0.15, 0.2) is 91.0 Å². The molecular formula is C33H32O10. The molecule has 0 radical (unpaired) electrons. The summed E-state index contributed by atoms with van der Waals surface area (Å²) in [6, 6.07) is 24.6. The van der Waals surface area contributed by atoms with Gasteiger partial charge in [-0.1, -0.05) is 54.6 Å². The van der Waals surface area contributed by atoms with Gasteiger partial charge in [0.15, 0.2) is 18.3 Å². The van der Waals surface area contributed by atoms with E-state index in [1.165, 1.54) is 6.92 Å². The Morgan fingerprint density at radius 3 is 1.72 bits per heavy atom. The van der Waals surface area contributed by atoms with E-state index in [-0.39, 0.29) is 35.3 Å². The Labute approximate surface area is 248 Å². The van der Waals surface area contributed by atoms with Gasteiger partial charge in [-0.2, -0.15) is 0 Å². The first-order chi connectivity index (χ1) is 20.7. The summed E-state index contributed by atoms with van der Waals surface area (Å²) in [6.07, 6.45) is -5.92. The number of Topliss-reactive ketones (excluding diaryl/α,β-unsaturated/α-hetero) is 1. The van der Waals surface area contributed by atoms with Gasteiger partial charge in [0.2, 0.25) is 0 Å². The summed E-state index contributed by atoms with van der Waals surface area (Å²) in [5, 5.41) is 0. The SMILES string of the molecule is CC(=O)CCC(=O)OC1C(OC(=O)c2ccccc2)C(C)OC1[C@@H](COC(=O)c1ccccc1)OC(=O)c1ccccc1. The van der Waals surface area contributed by atoms with Crippen LogP contribution in [-0.2, 0) is 33.3 Å². The van der Waals surface area contributed by atoms with Crippen LogP contribution in [0, 0.1) is 0 Å². The Hall–Kier alpha value is -4.83. The highest BCUT2D eigenvalue weighted by molar-refractivity contribution is 5.90. The zero-order valence-corrected chi connectivity index (χ0v) is 23.8. The molecule has 0 aliphatic carbocycles. The van der Waals surface area contributed by atoms with E-state index < -0.39 is 61.0 Å². The first-order valence-corrected chi connectivity index (χ1v) is 13.8. The summed E-state index contributed by atoms with van der Waals surface area (Å²) in [7, 11) is 0. The minimum absolute atomic E-state index is 0.0534. The fourth-order valence-corrected chi connectivity index (χ4v) is 4.50. The maximum absolute atomic E-state index is 13.1. The summed E-state index contributed by atoms with van der Waals surface area (Å²) in [5.41, 5.74) is 0.775. The molecule has 1 aliphatic heterocycles. The van der Waals surface area contributed by atoms with Crippen LogP contribution in [-0.4, -0.2) is 66.8 Å². The monoisotopic (exact) mass is 588 g/mol. The summed E-state index contributed by atoms with van der Waals surface area (Å²) in [4.78, 5) is 63.2. The van der Waals surface area contributed by atoms with Crippen LogP contribution in [0.2, 0.25) is 0 Å². The zero-order chi connectivity index (χ0) is 30.8. The van der Waals surface area contributed by atoms with Crippen LogP contribution in [0.5, 0.6) is 0 Å². The van der Waals surface area contributed by atoms with E-state index in [1.54, 1.807) is 97.9 Å². The average molecular weight is 589 g/mol. The van der Waals surface area contributed by atoms with Crippen molar-refractivity contribution in [2.75, 3.05) is 6.61 Å². The highest BCUT2D eigenvalue weighted by atomic mass is 16.7. The maximum atomic E-state index is 13.1. The largest absolute Gasteiger partial charge is 0.458 e. The number of benzene rings is 3. The van der Waals surface area contributed by atoms with Crippen molar-refractivity contribution < 1.29 is 47.7 Å². The van der Waals surface area contributed by atoms with Crippen molar-refractivity contribution in [3.8, 4) is 0 Å². The Morgan fingerprint density at radius 2 is 1.19 bits per heavy atom. The van der Waals surface area contributed by atoms with Gasteiger partial charge in [-0.3, -0.25) is 4.79 Å². The lowest BCUT2D eigenvalue weighted by atomic mass is 10.0. The van der Waals surface area contributed by atoms with Crippen LogP contribution < -0.4 is 0 Å². The van der Waals surface area contributed by atoms with Crippen molar-refractivity contribution in [2.45, 2.75) is 57.2 Å². The minimum Gasteiger partial charge on any atom is -0.458 e. The molecule has 10 nitrogen and oxygen atoms in total. The van der Waals surface area contributed by atoms with Gasteiger partial charge in [0, 0.05) is 6.42 Å². The van der Waals surface area contributed by atoms with Gasteiger partial charge in [-0.15, -0.1) is 0 Å². The first kappa shape index (κ1) is 31.1. The second-order valence-electron chi connectivity index (χ2n) is 9.97. The van der Waals surface area contributed by atoms with Gasteiger partial charge in [0.05, 0.1) is 29.2 Å². The summed E-state index contributed by atoms with van der Waals surface area (Å²) in [5.74, 6) is -3.03. The number of ketones is 1. The quantitative estimate of drug-likeness (QED) is 0.222. The average Bonchev–Trinajstić information content (AvgIpc) is 3.32. The predicted octanol–water partition coefficient (Wildman–Crippen LogP) is 4.36. The number of carbonyl (C=O) groups excluding carboxylic acids is 5. The lowest BCUT2D eigenvalue weighted by Gasteiger charge is -2.28. The van der Waals surface area contributed by atoms with E-state index >= 15 is 0 Å². The second kappa shape index (κ2) is 14.9. The van der Waals surface area contributed by atoms with E-state index in [1.807, 2.05) is 0 Å². The third-order valence-electron chi connectivity index (χ3n) is 6.71. The summed E-state index contributed by atoms with van der Waals surface area (Å²) < 4.78 is 28.9. The van der Waals surface area contributed by atoms with E-state index in [0.717, 1.165) is 0 Å². The van der Waals surface area contributed by atoms with Crippen molar-refractivity contribution in [1.82, 2.24) is 0 Å². The van der Waals surface area contributed by atoms with E-state index in [9.17, 15) is 24.0 Å². The molecule has 0 bridgehead atoms. The molecule has 0 spiro atoms. The molecule has 3 aromatic rings. The van der Waals surface area contributed by atoms with Crippen molar-refractivity contribution >= 4 is 29.7 Å². The highest BCUT2D eigenvalue weighted by Crippen LogP contribution is 2.32. The van der Waals surface area contributed by atoms with Gasteiger partial charge in [0.1, 0.15) is 18.5 Å². The Bertz CT molecular complexity index is 1410. The van der Waals surface area contributed by atoms with Crippen LogP contribution in [0.4, 0.5) is 0 Å². The van der Waals surface area contributed by atoms with E-state index in [0.29, 0.717) is 0 Å². The molecule has 0 aromatic heterocycles. The lowest BCUT2D eigenvalue weighted by molar-refractivity contribution is -0.161. The molecule has 1 fully saturated rings. The molecule has 43 heavy (non-hydrogen) atoms. The molecule has 4 unspecified atom stereocenters. The summed E-state index contributed by atoms with van der Waals surface area (Å²) in [6.45, 7) is 2.51. The lowest BCUT2D eigenvalue weighted by Crippen LogP contribution is -2.47. The molecule has 224 valence electrons. The predicted molar refractivity (Wildman–Crippen MR) is 152 cm³/mol. The number of hydrogen-bond donors (Lipinski definition) is 0. The topological polar surface area (TPSA) is 132 Å². The van der Waals surface area contributed by atoms with Crippen LogP contribution in [0.3, 0.4) is 0 Å². The second-order valence-corrected chi connectivity index (χ2v) is 9.97. The number of carbonyl (C=O) groups is 5. The molecule has 1 heterocycles. The van der Waals surface area contributed by atoms with Crippen molar-refractivity contribution in [1.29, 1.82) is 0 Å². The van der Waals surface area contributed by atoms with Crippen LogP contribution in [0.1, 0.15) is 57.8 Å².